The van der Waals surface area contributed by atoms with Gasteiger partial charge in [-0.05, 0) is 83.6 Å². The maximum absolute atomic E-state index is 2.48. The van der Waals surface area contributed by atoms with Crippen LogP contribution in [-0.4, -0.2) is 15.2 Å². The van der Waals surface area contributed by atoms with Crippen molar-refractivity contribution in [2.75, 3.05) is 4.90 Å². The van der Waals surface area contributed by atoms with Crippen LogP contribution in [-0.2, 0) is 0 Å². The molecule has 0 aliphatic heterocycles. The molecule has 0 spiro atoms. The molecule has 0 bridgehead atoms. The number of nitrogens with zero attached hydrogens (tertiary/aromatic N) is 3. The maximum atomic E-state index is 2.48. The molecule has 0 saturated carbocycles. The number of allylic oxidation sites excluding steroid dienone is 2. The summed E-state index contributed by atoms with van der Waals surface area (Å²) in [5.41, 5.74) is 12.1. The summed E-state index contributed by atoms with van der Waals surface area (Å²) < 4.78 is 4.94. The van der Waals surface area contributed by atoms with E-state index in [2.05, 4.69) is 220 Å². The number of para-hydroxylation sites is 3. The quantitative estimate of drug-likeness (QED) is 0.168. The number of benzene rings is 8. The van der Waals surface area contributed by atoms with Crippen LogP contribution in [0.25, 0.3) is 76.9 Å². The van der Waals surface area contributed by atoms with Gasteiger partial charge in [0.2, 0.25) is 0 Å². The molecule has 10 aromatic rings. The Morgan fingerprint density at radius 3 is 1.82 bits per heavy atom. The van der Waals surface area contributed by atoms with Crippen molar-refractivity contribution in [1.82, 2.24) is 9.13 Å². The highest BCUT2D eigenvalue weighted by atomic mass is 15.2. The zero-order chi connectivity index (χ0) is 36.3. The van der Waals surface area contributed by atoms with Gasteiger partial charge < -0.3 is 14.0 Å². The number of rotatable bonds is 6. The Morgan fingerprint density at radius 1 is 0.436 bits per heavy atom. The van der Waals surface area contributed by atoms with Crippen LogP contribution in [0.4, 0.5) is 11.4 Å². The Labute approximate surface area is 319 Å². The highest BCUT2D eigenvalue weighted by Gasteiger charge is 2.24. The number of aromatic nitrogens is 2. The largest absolute Gasteiger partial charge is 0.334 e. The van der Waals surface area contributed by atoms with Crippen LogP contribution in [0.3, 0.4) is 0 Å². The molecule has 55 heavy (non-hydrogen) atoms. The minimum absolute atomic E-state index is 0.155. The number of hydrogen-bond acceptors (Lipinski definition) is 1. The van der Waals surface area contributed by atoms with Gasteiger partial charge in [-0.1, -0.05) is 146 Å². The first-order valence-electron chi connectivity index (χ1n) is 19.1. The number of hydrogen-bond donors (Lipinski definition) is 0. The molecule has 260 valence electrons. The monoisotopic (exact) mass is 703 g/mol. The molecule has 0 saturated heterocycles. The fraction of sp³-hybridized carbons (Fsp3) is 0.0385. The number of anilines is 2. The van der Waals surface area contributed by atoms with E-state index in [0.29, 0.717) is 0 Å². The van der Waals surface area contributed by atoms with Crippen molar-refractivity contribution < 1.29 is 0 Å². The van der Waals surface area contributed by atoms with Crippen LogP contribution >= 0.6 is 0 Å². The topological polar surface area (TPSA) is 13.1 Å². The summed E-state index contributed by atoms with van der Waals surface area (Å²) in [6.07, 6.45) is 8.02. The van der Waals surface area contributed by atoms with Crippen LogP contribution in [0.15, 0.2) is 206 Å². The van der Waals surface area contributed by atoms with Crippen molar-refractivity contribution in [2.24, 2.45) is 0 Å². The lowest BCUT2D eigenvalue weighted by molar-refractivity contribution is 0.783. The van der Waals surface area contributed by atoms with E-state index in [0.717, 1.165) is 6.42 Å². The summed E-state index contributed by atoms with van der Waals surface area (Å²) in [5.74, 6) is 0. The maximum Gasteiger partial charge on any atom is 0.0619 e. The van der Waals surface area contributed by atoms with Crippen molar-refractivity contribution in [1.29, 1.82) is 0 Å². The second kappa shape index (κ2) is 12.8. The van der Waals surface area contributed by atoms with E-state index in [1.165, 1.54) is 88.3 Å². The molecule has 3 nitrogen and oxygen atoms in total. The smallest absolute Gasteiger partial charge is 0.0619 e. The lowest BCUT2D eigenvalue weighted by Crippen LogP contribution is -2.30. The molecule has 0 fully saturated rings. The Bertz CT molecular complexity index is 3090. The fourth-order valence-corrected chi connectivity index (χ4v) is 8.88. The van der Waals surface area contributed by atoms with Crippen molar-refractivity contribution in [3.05, 3.63) is 206 Å². The average molecular weight is 704 g/mol. The second-order valence-corrected chi connectivity index (χ2v) is 14.5. The van der Waals surface area contributed by atoms with Gasteiger partial charge in [0.25, 0.3) is 0 Å². The third-order valence-corrected chi connectivity index (χ3v) is 11.4. The lowest BCUT2D eigenvalue weighted by atomic mass is 10.0. The highest BCUT2D eigenvalue weighted by Crippen LogP contribution is 2.42. The predicted molar refractivity (Wildman–Crippen MR) is 234 cm³/mol. The van der Waals surface area contributed by atoms with Gasteiger partial charge in [0.05, 0.1) is 28.1 Å². The van der Waals surface area contributed by atoms with E-state index < -0.39 is 0 Å². The van der Waals surface area contributed by atoms with Gasteiger partial charge in [-0.15, -0.1) is 0 Å². The van der Waals surface area contributed by atoms with Gasteiger partial charge in [-0.3, -0.25) is 0 Å². The third kappa shape index (κ3) is 5.12. The average Bonchev–Trinajstić information content (AvgIpc) is 3.77. The molecular formula is C52H37N3. The van der Waals surface area contributed by atoms with Crippen molar-refractivity contribution >= 4 is 71.5 Å². The van der Waals surface area contributed by atoms with Crippen molar-refractivity contribution in [3.63, 3.8) is 0 Å². The van der Waals surface area contributed by atoms with Crippen LogP contribution < -0.4 is 4.90 Å². The minimum Gasteiger partial charge on any atom is -0.334 e. The summed E-state index contributed by atoms with van der Waals surface area (Å²) in [7, 11) is 0. The second-order valence-electron chi connectivity index (χ2n) is 14.5. The van der Waals surface area contributed by atoms with E-state index in [-0.39, 0.29) is 6.04 Å². The molecule has 3 heteroatoms. The van der Waals surface area contributed by atoms with Crippen LogP contribution in [0.2, 0.25) is 0 Å². The van der Waals surface area contributed by atoms with Gasteiger partial charge >= 0.3 is 0 Å². The Hall–Kier alpha value is -7.10. The number of fused-ring (bicyclic) bond motifs is 8. The van der Waals surface area contributed by atoms with Gasteiger partial charge in [0.1, 0.15) is 0 Å². The van der Waals surface area contributed by atoms with E-state index in [1.807, 2.05) is 0 Å². The molecule has 1 atom stereocenters. The van der Waals surface area contributed by atoms with Crippen molar-refractivity contribution in [3.8, 4) is 16.8 Å². The third-order valence-electron chi connectivity index (χ3n) is 11.4. The molecule has 0 amide bonds. The lowest BCUT2D eigenvalue weighted by Gasteiger charge is -2.33. The molecule has 8 aromatic carbocycles. The zero-order valence-electron chi connectivity index (χ0n) is 30.3. The van der Waals surface area contributed by atoms with Crippen LogP contribution in [0.5, 0.6) is 0 Å². The highest BCUT2D eigenvalue weighted by molar-refractivity contribution is 6.23. The molecule has 2 aromatic heterocycles. The first kappa shape index (κ1) is 31.4. The van der Waals surface area contributed by atoms with Crippen LogP contribution in [0.1, 0.15) is 6.42 Å². The summed E-state index contributed by atoms with van der Waals surface area (Å²) in [4.78, 5) is 2.47. The molecule has 2 heterocycles. The Morgan fingerprint density at radius 2 is 1.05 bits per heavy atom. The summed E-state index contributed by atoms with van der Waals surface area (Å²) in [5, 5.41) is 7.59. The molecule has 1 aliphatic carbocycles. The van der Waals surface area contributed by atoms with E-state index in [1.54, 1.807) is 0 Å². The van der Waals surface area contributed by atoms with Gasteiger partial charge in [0.15, 0.2) is 0 Å². The predicted octanol–water partition coefficient (Wildman–Crippen LogP) is 13.7. The molecule has 0 N–H and O–H groups in total. The summed E-state index contributed by atoms with van der Waals surface area (Å²) >= 11 is 0. The first-order chi connectivity index (χ1) is 27.3. The normalized spacial score (nSPS) is 14.3. The van der Waals surface area contributed by atoms with Gasteiger partial charge in [-0.2, -0.15) is 0 Å². The van der Waals surface area contributed by atoms with Gasteiger partial charge in [-0.25, -0.2) is 0 Å². The molecule has 0 radical (unpaired) electrons. The Balaban J connectivity index is 1.06. The van der Waals surface area contributed by atoms with Gasteiger partial charge in [0, 0.05) is 49.7 Å². The summed E-state index contributed by atoms with van der Waals surface area (Å²) in [6, 6.07) is 68.4. The molecule has 11 rings (SSSR count). The standard InChI is InChI=1S/C52H37N3/c1-4-14-36(15-5-1)37-24-27-41(28-25-37)53(39-17-6-2-7-18-39)42-29-31-43(32-30-42)54-49-23-13-12-22-45(49)47-34-48-46-33-26-38-16-10-11-21-44(38)52(46)55(51(48)35-50(47)54)40-19-8-3-9-20-40/h1-29,31-35,42H,30H2. The van der Waals surface area contributed by atoms with Crippen molar-refractivity contribution in [2.45, 2.75) is 12.5 Å². The zero-order valence-corrected chi connectivity index (χ0v) is 30.3. The SMILES string of the molecule is C1=CC(N(c2ccccc2)c2ccc(-c3ccccc3)cc2)CC=C1n1c2ccccc2c2cc3c4ccc5ccccc5c4n(-c4ccccc4)c3cc21. The minimum atomic E-state index is 0.155. The van der Waals surface area contributed by atoms with Crippen LogP contribution in [0, 0.1) is 0 Å². The van der Waals surface area contributed by atoms with E-state index >= 15 is 0 Å². The van der Waals surface area contributed by atoms with E-state index in [4.69, 9.17) is 0 Å². The Kier molecular flexibility index (Phi) is 7.31. The van der Waals surface area contributed by atoms with E-state index in [9.17, 15) is 0 Å². The molecule has 1 unspecified atom stereocenters. The first-order valence-corrected chi connectivity index (χ1v) is 19.1. The summed E-state index contributed by atoms with van der Waals surface area (Å²) in [6.45, 7) is 0. The molecule has 1 aliphatic rings. The fourth-order valence-electron chi connectivity index (χ4n) is 8.88. The molecular weight excluding hydrogens is 667 g/mol.